The van der Waals surface area contributed by atoms with E-state index >= 15 is 0 Å². The highest BCUT2D eigenvalue weighted by atomic mass is 32.2. The van der Waals surface area contributed by atoms with Crippen molar-refractivity contribution in [2.75, 3.05) is 36.5 Å². The van der Waals surface area contributed by atoms with Crippen molar-refractivity contribution in [2.24, 2.45) is 0 Å². The van der Waals surface area contributed by atoms with Gasteiger partial charge in [-0.1, -0.05) is 17.7 Å². The molecule has 4 nitrogen and oxygen atoms in total. The van der Waals surface area contributed by atoms with Gasteiger partial charge in [-0.15, -0.1) is 11.8 Å². The van der Waals surface area contributed by atoms with Gasteiger partial charge in [-0.25, -0.2) is 0 Å². The molecule has 3 rings (SSSR count). The molecule has 1 fully saturated rings. The van der Waals surface area contributed by atoms with Crippen molar-refractivity contribution in [3.63, 3.8) is 0 Å². The number of benzene rings is 2. The summed E-state index contributed by atoms with van der Waals surface area (Å²) in [7, 11) is 0. The summed E-state index contributed by atoms with van der Waals surface area (Å²) in [5.41, 5.74) is 4.46. The highest BCUT2D eigenvalue weighted by molar-refractivity contribution is 8.00. The largest absolute Gasteiger partial charge is 0.378 e. The van der Waals surface area contributed by atoms with Crippen molar-refractivity contribution in [3.8, 4) is 0 Å². The normalized spacial score (nSPS) is 15.6. The van der Waals surface area contributed by atoms with Crippen LogP contribution in [0.15, 0.2) is 47.4 Å². The minimum atomic E-state index is -0.157. The maximum absolute atomic E-state index is 12.5. The molecular formula is C21H26N2O2S. The zero-order chi connectivity index (χ0) is 18.5. The standard InChI is InChI=1S/C21H26N2O2S/c1-15-4-9-20(16(2)14-15)26-17(3)21(24)22-18-5-7-19(8-6-18)23-10-12-25-13-11-23/h4-9,14,17H,10-13H2,1-3H3,(H,22,24). The fraction of sp³-hybridized carbons (Fsp3) is 0.381. The first-order chi connectivity index (χ1) is 12.5. The van der Waals surface area contributed by atoms with Gasteiger partial charge in [0.25, 0.3) is 0 Å². The van der Waals surface area contributed by atoms with E-state index in [9.17, 15) is 4.79 Å². The molecule has 0 aromatic heterocycles. The minimum absolute atomic E-state index is 0.0223. The lowest BCUT2D eigenvalue weighted by molar-refractivity contribution is -0.115. The number of nitrogens with one attached hydrogen (secondary N) is 1. The van der Waals surface area contributed by atoms with Crippen molar-refractivity contribution < 1.29 is 9.53 Å². The molecular weight excluding hydrogens is 344 g/mol. The summed E-state index contributed by atoms with van der Waals surface area (Å²) in [6.07, 6.45) is 0. The van der Waals surface area contributed by atoms with Gasteiger partial charge in [-0.2, -0.15) is 0 Å². The third kappa shape index (κ3) is 4.80. The van der Waals surface area contributed by atoms with Gasteiger partial charge in [0.1, 0.15) is 0 Å². The molecule has 0 radical (unpaired) electrons. The molecule has 1 N–H and O–H groups in total. The van der Waals surface area contributed by atoms with E-state index in [-0.39, 0.29) is 11.2 Å². The molecule has 2 aromatic carbocycles. The average Bonchev–Trinajstić information content (AvgIpc) is 2.65. The summed E-state index contributed by atoms with van der Waals surface area (Å²) in [6.45, 7) is 9.48. The molecule has 26 heavy (non-hydrogen) atoms. The molecule has 0 bridgehead atoms. The van der Waals surface area contributed by atoms with Crippen LogP contribution < -0.4 is 10.2 Å². The number of nitrogens with zero attached hydrogens (tertiary/aromatic N) is 1. The van der Waals surface area contributed by atoms with Gasteiger partial charge >= 0.3 is 0 Å². The van der Waals surface area contributed by atoms with E-state index < -0.39 is 0 Å². The Labute approximate surface area is 159 Å². The predicted octanol–water partition coefficient (Wildman–Crippen LogP) is 4.26. The Morgan fingerprint density at radius 1 is 1.12 bits per heavy atom. The lowest BCUT2D eigenvalue weighted by atomic mass is 10.2. The molecule has 138 valence electrons. The number of carbonyl (C=O) groups excluding carboxylic acids is 1. The molecule has 1 unspecified atom stereocenters. The van der Waals surface area contributed by atoms with E-state index in [1.807, 2.05) is 19.1 Å². The van der Waals surface area contributed by atoms with Gasteiger partial charge in [-0.3, -0.25) is 4.79 Å². The molecule has 0 spiro atoms. The lowest BCUT2D eigenvalue weighted by Gasteiger charge is -2.29. The summed E-state index contributed by atoms with van der Waals surface area (Å²) in [4.78, 5) is 16.0. The fourth-order valence-corrected chi connectivity index (χ4v) is 3.93. The van der Waals surface area contributed by atoms with Gasteiger partial charge in [0.05, 0.1) is 18.5 Å². The van der Waals surface area contributed by atoms with Crippen LogP contribution in [0, 0.1) is 13.8 Å². The van der Waals surface area contributed by atoms with Gasteiger partial charge in [0.15, 0.2) is 0 Å². The Morgan fingerprint density at radius 2 is 1.81 bits per heavy atom. The molecule has 1 atom stereocenters. The molecule has 1 aliphatic rings. The summed E-state index contributed by atoms with van der Waals surface area (Å²) >= 11 is 1.60. The van der Waals surface area contributed by atoms with Crippen LogP contribution in [0.4, 0.5) is 11.4 Å². The average molecular weight is 371 g/mol. The Bertz CT molecular complexity index is 755. The number of hydrogen-bond acceptors (Lipinski definition) is 4. The van der Waals surface area contributed by atoms with Gasteiger partial charge < -0.3 is 15.0 Å². The number of aryl methyl sites for hydroxylation is 2. The van der Waals surface area contributed by atoms with Gasteiger partial charge in [0.2, 0.25) is 5.91 Å². The van der Waals surface area contributed by atoms with Crippen LogP contribution in [0.25, 0.3) is 0 Å². The first kappa shape index (κ1) is 18.8. The Balaban J connectivity index is 1.58. The number of thioether (sulfide) groups is 1. The van der Waals surface area contributed by atoms with E-state index in [2.05, 4.69) is 54.4 Å². The van der Waals surface area contributed by atoms with Gasteiger partial charge in [0, 0.05) is 29.4 Å². The van der Waals surface area contributed by atoms with Crippen molar-refractivity contribution in [1.29, 1.82) is 0 Å². The molecule has 0 aliphatic carbocycles. The molecule has 1 heterocycles. The Hall–Kier alpha value is -1.98. The van der Waals surface area contributed by atoms with Crippen LogP contribution in [0.5, 0.6) is 0 Å². The SMILES string of the molecule is Cc1ccc(SC(C)C(=O)Nc2ccc(N3CCOCC3)cc2)c(C)c1. The summed E-state index contributed by atoms with van der Waals surface area (Å²) in [5, 5.41) is 2.86. The third-order valence-electron chi connectivity index (χ3n) is 4.51. The van der Waals surface area contributed by atoms with Crippen LogP contribution in [-0.4, -0.2) is 37.5 Å². The highest BCUT2D eigenvalue weighted by Crippen LogP contribution is 2.28. The first-order valence-corrected chi connectivity index (χ1v) is 9.88. The zero-order valence-corrected chi connectivity index (χ0v) is 16.4. The van der Waals surface area contributed by atoms with Crippen LogP contribution in [0.3, 0.4) is 0 Å². The second kappa shape index (κ2) is 8.60. The molecule has 0 saturated carbocycles. The van der Waals surface area contributed by atoms with Gasteiger partial charge in [-0.05, 0) is 56.7 Å². The predicted molar refractivity (Wildman–Crippen MR) is 109 cm³/mol. The lowest BCUT2D eigenvalue weighted by Crippen LogP contribution is -2.36. The second-order valence-corrected chi connectivity index (χ2v) is 8.05. The summed E-state index contributed by atoms with van der Waals surface area (Å²) in [6, 6.07) is 14.4. The van der Waals surface area contributed by atoms with E-state index in [0.29, 0.717) is 0 Å². The van der Waals surface area contributed by atoms with Crippen molar-refractivity contribution in [2.45, 2.75) is 30.9 Å². The summed E-state index contributed by atoms with van der Waals surface area (Å²) < 4.78 is 5.39. The van der Waals surface area contributed by atoms with E-state index in [0.717, 1.165) is 36.9 Å². The molecule has 2 aromatic rings. The molecule has 5 heteroatoms. The number of carbonyl (C=O) groups is 1. The topological polar surface area (TPSA) is 41.6 Å². The van der Waals surface area contributed by atoms with Crippen LogP contribution in [-0.2, 0) is 9.53 Å². The molecule has 1 saturated heterocycles. The zero-order valence-electron chi connectivity index (χ0n) is 15.6. The minimum Gasteiger partial charge on any atom is -0.378 e. The summed E-state index contributed by atoms with van der Waals surface area (Å²) in [5.74, 6) is 0.0223. The fourth-order valence-electron chi connectivity index (χ4n) is 3.00. The third-order valence-corrected chi connectivity index (χ3v) is 5.79. The van der Waals surface area contributed by atoms with Crippen LogP contribution in [0.2, 0.25) is 0 Å². The van der Waals surface area contributed by atoms with E-state index in [1.54, 1.807) is 11.8 Å². The van der Waals surface area contributed by atoms with Crippen molar-refractivity contribution in [1.82, 2.24) is 0 Å². The smallest absolute Gasteiger partial charge is 0.237 e. The number of ether oxygens (including phenoxy) is 1. The number of anilines is 2. The number of amides is 1. The maximum Gasteiger partial charge on any atom is 0.237 e. The monoisotopic (exact) mass is 370 g/mol. The quantitative estimate of drug-likeness (QED) is 0.799. The second-order valence-electron chi connectivity index (χ2n) is 6.66. The van der Waals surface area contributed by atoms with Crippen molar-refractivity contribution in [3.05, 3.63) is 53.6 Å². The van der Waals surface area contributed by atoms with E-state index in [1.165, 1.54) is 16.8 Å². The number of hydrogen-bond donors (Lipinski definition) is 1. The maximum atomic E-state index is 12.5. The van der Waals surface area contributed by atoms with E-state index in [4.69, 9.17) is 4.74 Å². The van der Waals surface area contributed by atoms with Crippen molar-refractivity contribution >= 4 is 29.0 Å². The first-order valence-electron chi connectivity index (χ1n) is 9.00. The van der Waals surface area contributed by atoms with Crippen LogP contribution in [0.1, 0.15) is 18.1 Å². The number of rotatable bonds is 5. The van der Waals surface area contributed by atoms with Crippen LogP contribution >= 0.6 is 11.8 Å². The molecule has 1 amide bonds. The Morgan fingerprint density at radius 3 is 2.46 bits per heavy atom. The highest BCUT2D eigenvalue weighted by Gasteiger charge is 2.16. The number of morpholine rings is 1. The molecule has 1 aliphatic heterocycles. The Kier molecular flexibility index (Phi) is 6.22.